The van der Waals surface area contributed by atoms with E-state index in [1.54, 1.807) is 0 Å². The van der Waals surface area contributed by atoms with Gasteiger partial charge in [-0.2, -0.15) is 0 Å². The largest absolute Gasteiger partial charge is 0.393 e. The summed E-state index contributed by atoms with van der Waals surface area (Å²) in [5.74, 6) is 2.10. The molecule has 0 amide bonds. The first-order valence-electron chi connectivity index (χ1n) is 11.8. The van der Waals surface area contributed by atoms with E-state index < -0.39 is 0 Å². The van der Waals surface area contributed by atoms with Gasteiger partial charge in [0.1, 0.15) is 6.79 Å². The number of hydrogen-bond acceptors (Lipinski definition) is 3. The SMILES string of the molecule is CCCCCCCCCOCOCCCC(C)CC(C)CC(C)CC(C)O. The lowest BCUT2D eigenvalue weighted by Gasteiger charge is -2.21. The van der Waals surface area contributed by atoms with Crippen LogP contribution in [0.3, 0.4) is 0 Å². The van der Waals surface area contributed by atoms with E-state index in [9.17, 15) is 5.11 Å². The first-order valence-corrected chi connectivity index (χ1v) is 11.8. The minimum absolute atomic E-state index is 0.171. The van der Waals surface area contributed by atoms with Gasteiger partial charge in [0.25, 0.3) is 0 Å². The summed E-state index contributed by atoms with van der Waals surface area (Å²) >= 11 is 0. The number of rotatable bonds is 20. The van der Waals surface area contributed by atoms with Gasteiger partial charge < -0.3 is 14.6 Å². The van der Waals surface area contributed by atoms with Gasteiger partial charge in [-0.1, -0.05) is 66.2 Å². The van der Waals surface area contributed by atoms with Crippen LogP contribution in [0.15, 0.2) is 0 Å². The van der Waals surface area contributed by atoms with Crippen LogP contribution in [0.5, 0.6) is 0 Å². The van der Waals surface area contributed by atoms with Crippen LogP contribution >= 0.6 is 0 Å². The van der Waals surface area contributed by atoms with Gasteiger partial charge in [-0.25, -0.2) is 0 Å². The molecule has 0 fully saturated rings. The van der Waals surface area contributed by atoms with Crippen LogP contribution in [0.4, 0.5) is 0 Å². The monoisotopic (exact) mass is 386 g/mol. The lowest BCUT2D eigenvalue weighted by Crippen LogP contribution is -2.12. The summed E-state index contributed by atoms with van der Waals surface area (Å²) in [4.78, 5) is 0. The summed E-state index contributed by atoms with van der Waals surface area (Å²) in [6.07, 6.45) is 14.9. The lowest BCUT2D eigenvalue weighted by atomic mass is 9.86. The maximum absolute atomic E-state index is 9.48. The van der Waals surface area contributed by atoms with Gasteiger partial charge in [-0.3, -0.25) is 0 Å². The molecule has 0 saturated heterocycles. The zero-order valence-corrected chi connectivity index (χ0v) is 19.2. The van der Waals surface area contributed by atoms with Crippen LogP contribution in [-0.4, -0.2) is 31.2 Å². The van der Waals surface area contributed by atoms with E-state index in [-0.39, 0.29) is 6.10 Å². The van der Waals surface area contributed by atoms with Crippen molar-refractivity contribution in [2.45, 2.75) is 118 Å². The Bertz CT molecular complexity index is 293. The number of hydrogen-bond donors (Lipinski definition) is 1. The van der Waals surface area contributed by atoms with Crippen LogP contribution in [0.25, 0.3) is 0 Å². The predicted molar refractivity (Wildman–Crippen MR) is 117 cm³/mol. The molecule has 0 aromatic heterocycles. The van der Waals surface area contributed by atoms with Crippen molar-refractivity contribution in [3.63, 3.8) is 0 Å². The van der Waals surface area contributed by atoms with Gasteiger partial charge in [-0.05, 0) is 63.2 Å². The molecule has 0 aliphatic rings. The Balaban J connectivity index is 3.37. The second-order valence-electron chi connectivity index (χ2n) is 9.07. The van der Waals surface area contributed by atoms with Crippen LogP contribution in [0.2, 0.25) is 0 Å². The Labute approximate surface area is 170 Å². The summed E-state index contributed by atoms with van der Waals surface area (Å²) in [6, 6.07) is 0. The minimum atomic E-state index is -0.171. The smallest absolute Gasteiger partial charge is 0.146 e. The van der Waals surface area contributed by atoms with E-state index in [2.05, 4.69) is 27.7 Å². The molecule has 0 aromatic rings. The van der Waals surface area contributed by atoms with Gasteiger partial charge in [0.05, 0.1) is 6.10 Å². The fourth-order valence-electron chi connectivity index (χ4n) is 4.14. The standard InChI is InChI=1S/C24H50O3/c1-6-7-8-9-10-11-12-15-26-20-27-16-13-14-21(2)17-22(3)18-23(4)19-24(5)25/h21-25H,6-20H2,1-5H3. The fraction of sp³-hybridized carbons (Fsp3) is 1.00. The second kappa shape index (κ2) is 19.2. The molecule has 4 atom stereocenters. The highest BCUT2D eigenvalue weighted by atomic mass is 16.7. The molecular formula is C24H50O3. The van der Waals surface area contributed by atoms with E-state index in [0.717, 1.165) is 44.3 Å². The molecule has 0 aliphatic heterocycles. The van der Waals surface area contributed by atoms with E-state index in [4.69, 9.17) is 9.47 Å². The van der Waals surface area contributed by atoms with E-state index in [1.807, 2.05) is 6.92 Å². The first-order chi connectivity index (χ1) is 13.0. The minimum Gasteiger partial charge on any atom is -0.393 e. The van der Waals surface area contributed by atoms with Gasteiger partial charge in [0.2, 0.25) is 0 Å². The van der Waals surface area contributed by atoms with E-state index >= 15 is 0 Å². The zero-order chi connectivity index (χ0) is 20.3. The molecule has 1 N–H and O–H groups in total. The molecular weight excluding hydrogens is 336 g/mol. The molecule has 0 heterocycles. The van der Waals surface area contributed by atoms with Crippen molar-refractivity contribution in [3.8, 4) is 0 Å². The zero-order valence-electron chi connectivity index (χ0n) is 19.2. The fourth-order valence-corrected chi connectivity index (χ4v) is 4.14. The van der Waals surface area contributed by atoms with E-state index in [1.165, 1.54) is 57.8 Å². The molecule has 0 aliphatic carbocycles. The molecule has 3 heteroatoms. The summed E-state index contributed by atoms with van der Waals surface area (Å²) in [5, 5.41) is 9.48. The average molecular weight is 387 g/mol. The molecule has 4 unspecified atom stereocenters. The average Bonchev–Trinajstić information content (AvgIpc) is 2.57. The summed E-state index contributed by atoms with van der Waals surface area (Å²) in [6.45, 7) is 13.2. The normalized spacial score (nSPS) is 16.2. The third kappa shape index (κ3) is 20.4. The van der Waals surface area contributed by atoms with Crippen molar-refractivity contribution in [2.75, 3.05) is 20.0 Å². The summed E-state index contributed by atoms with van der Waals surface area (Å²) < 4.78 is 11.2. The van der Waals surface area contributed by atoms with Crippen molar-refractivity contribution >= 4 is 0 Å². The van der Waals surface area contributed by atoms with Crippen LogP contribution in [-0.2, 0) is 9.47 Å². The van der Waals surface area contributed by atoms with Crippen molar-refractivity contribution in [1.29, 1.82) is 0 Å². The molecule has 164 valence electrons. The molecule has 0 saturated carbocycles. The number of aliphatic hydroxyl groups excluding tert-OH is 1. The quantitative estimate of drug-likeness (QED) is 0.181. The van der Waals surface area contributed by atoms with Crippen LogP contribution < -0.4 is 0 Å². The van der Waals surface area contributed by atoms with Gasteiger partial charge in [0.15, 0.2) is 0 Å². The highest BCUT2D eigenvalue weighted by molar-refractivity contribution is 4.65. The lowest BCUT2D eigenvalue weighted by molar-refractivity contribution is -0.0561. The Morgan fingerprint density at radius 1 is 0.630 bits per heavy atom. The molecule has 0 radical (unpaired) electrons. The van der Waals surface area contributed by atoms with Gasteiger partial charge in [0, 0.05) is 13.2 Å². The maximum Gasteiger partial charge on any atom is 0.146 e. The maximum atomic E-state index is 9.48. The molecule has 27 heavy (non-hydrogen) atoms. The Kier molecular flexibility index (Phi) is 19.1. The molecule has 0 bridgehead atoms. The Hall–Kier alpha value is -0.120. The number of unbranched alkanes of at least 4 members (excludes halogenated alkanes) is 6. The number of ether oxygens (including phenoxy) is 2. The number of aliphatic hydroxyl groups is 1. The van der Waals surface area contributed by atoms with E-state index in [0.29, 0.717) is 12.7 Å². The van der Waals surface area contributed by atoms with Crippen molar-refractivity contribution in [1.82, 2.24) is 0 Å². The predicted octanol–water partition coefficient (Wildman–Crippen LogP) is 6.97. The summed E-state index contributed by atoms with van der Waals surface area (Å²) in [7, 11) is 0. The van der Waals surface area contributed by atoms with Crippen LogP contribution in [0, 0.1) is 17.8 Å². The third-order valence-corrected chi connectivity index (χ3v) is 5.40. The Morgan fingerprint density at radius 2 is 1.15 bits per heavy atom. The molecule has 0 rings (SSSR count). The second-order valence-corrected chi connectivity index (χ2v) is 9.07. The molecule has 0 aromatic carbocycles. The Morgan fingerprint density at radius 3 is 1.78 bits per heavy atom. The first kappa shape index (κ1) is 26.9. The highest BCUT2D eigenvalue weighted by Gasteiger charge is 2.14. The highest BCUT2D eigenvalue weighted by Crippen LogP contribution is 2.24. The van der Waals surface area contributed by atoms with Gasteiger partial charge >= 0.3 is 0 Å². The van der Waals surface area contributed by atoms with Crippen molar-refractivity contribution in [2.24, 2.45) is 17.8 Å². The topological polar surface area (TPSA) is 38.7 Å². The van der Waals surface area contributed by atoms with Crippen molar-refractivity contribution < 1.29 is 14.6 Å². The third-order valence-electron chi connectivity index (χ3n) is 5.40. The molecule has 3 nitrogen and oxygen atoms in total. The van der Waals surface area contributed by atoms with Crippen LogP contribution in [0.1, 0.15) is 112 Å². The molecule has 0 spiro atoms. The summed E-state index contributed by atoms with van der Waals surface area (Å²) in [5.41, 5.74) is 0. The van der Waals surface area contributed by atoms with Crippen molar-refractivity contribution in [3.05, 3.63) is 0 Å². The van der Waals surface area contributed by atoms with Gasteiger partial charge in [-0.15, -0.1) is 0 Å².